The third kappa shape index (κ3) is 4.82. The average Bonchev–Trinajstić information content (AvgIpc) is 2.64. The molecular weight excluding hydrogens is 318 g/mol. The molecule has 6 nitrogen and oxygen atoms in total. The molecule has 0 spiro atoms. The summed E-state index contributed by atoms with van der Waals surface area (Å²) in [6.07, 6.45) is 0. The van der Waals surface area contributed by atoms with Crippen LogP contribution in [-0.2, 0) is 4.79 Å². The van der Waals surface area contributed by atoms with Crippen LogP contribution in [0.1, 0.15) is 22.8 Å². The molecular formula is C19H19N3O3. The molecule has 0 aliphatic heterocycles. The molecule has 2 aromatic carbocycles. The maximum Gasteiger partial charge on any atom is 0.251 e. The van der Waals surface area contributed by atoms with Crippen molar-refractivity contribution in [1.82, 2.24) is 5.32 Å². The van der Waals surface area contributed by atoms with Gasteiger partial charge in [-0.3, -0.25) is 9.59 Å². The Kier molecular flexibility index (Phi) is 6.13. The van der Waals surface area contributed by atoms with Crippen LogP contribution in [0.4, 0.5) is 5.69 Å². The molecule has 2 rings (SSSR count). The highest BCUT2D eigenvalue weighted by Gasteiger charge is 2.13. The van der Waals surface area contributed by atoms with E-state index in [-0.39, 0.29) is 18.4 Å². The number of carbonyl (C=O) groups excluding carboxylic acids is 2. The molecule has 0 unspecified atom stereocenters. The second-order valence-electron chi connectivity index (χ2n) is 5.32. The van der Waals surface area contributed by atoms with Crippen molar-refractivity contribution in [1.29, 1.82) is 5.26 Å². The summed E-state index contributed by atoms with van der Waals surface area (Å²) in [5.41, 5.74) is 1.59. The largest absolute Gasteiger partial charge is 0.497 e. The van der Waals surface area contributed by atoms with Gasteiger partial charge in [-0.2, -0.15) is 5.26 Å². The fourth-order valence-corrected chi connectivity index (χ4v) is 2.36. The molecule has 2 amide bonds. The van der Waals surface area contributed by atoms with Gasteiger partial charge in [-0.25, -0.2) is 0 Å². The number of hydrogen-bond donors (Lipinski definition) is 1. The first-order chi connectivity index (χ1) is 12.0. The zero-order chi connectivity index (χ0) is 18.2. The van der Waals surface area contributed by atoms with Crippen LogP contribution < -0.4 is 15.0 Å². The van der Waals surface area contributed by atoms with Crippen molar-refractivity contribution < 1.29 is 14.3 Å². The van der Waals surface area contributed by atoms with Gasteiger partial charge in [-0.15, -0.1) is 0 Å². The van der Waals surface area contributed by atoms with E-state index in [1.54, 1.807) is 48.5 Å². The number of methoxy groups -OCH3 is 1. The fraction of sp³-hybridized carbons (Fsp3) is 0.211. The van der Waals surface area contributed by atoms with Gasteiger partial charge in [-0.1, -0.05) is 12.1 Å². The number of anilines is 1. The van der Waals surface area contributed by atoms with Gasteiger partial charge in [0, 0.05) is 31.3 Å². The standard InChI is InChI=1S/C19H19N3O3/c1-14(23)22(17-7-3-5-15(11-17)13-20)10-9-21-19(24)16-6-4-8-18(12-16)25-2/h3-8,11-12H,9-10H2,1-2H3,(H,21,24). The normalized spacial score (nSPS) is 9.80. The molecule has 0 saturated heterocycles. The maximum atomic E-state index is 12.2. The van der Waals surface area contributed by atoms with Gasteiger partial charge in [-0.05, 0) is 36.4 Å². The van der Waals surface area contributed by atoms with E-state index in [2.05, 4.69) is 5.32 Å². The maximum absolute atomic E-state index is 12.2. The highest BCUT2D eigenvalue weighted by molar-refractivity contribution is 5.95. The quantitative estimate of drug-likeness (QED) is 0.877. The topological polar surface area (TPSA) is 82.4 Å². The minimum absolute atomic E-state index is 0.161. The molecule has 2 aromatic rings. The van der Waals surface area contributed by atoms with Crippen LogP contribution in [-0.4, -0.2) is 32.0 Å². The molecule has 0 aliphatic rings. The average molecular weight is 337 g/mol. The molecule has 0 atom stereocenters. The predicted molar refractivity (Wildman–Crippen MR) is 94.5 cm³/mol. The first-order valence-electron chi connectivity index (χ1n) is 7.75. The van der Waals surface area contributed by atoms with E-state index in [9.17, 15) is 9.59 Å². The van der Waals surface area contributed by atoms with Crippen LogP contribution in [0.2, 0.25) is 0 Å². The van der Waals surface area contributed by atoms with Crippen molar-refractivity contribution in [2.45, 2.75) is 6.92 Å². The molecule has 25 heavy (non-hydrogen) atoms. The number of ether oxygens (including phenoxy) is 1. The second kappa shape index (κ2) is 8.50. The van der Waals surface area contributed by atoms with Crippen molar-refractivity contribution in [2.24, 2.45) is 0 Å². The Morgan fingerprint density at radius 1 is 1.20 bits per heavy atom. The minimum Gasteiger partial charge on any atom is -0.497 e. The molecule has 0 aliphatic carbocycles. The van der Waals surface area contributed by atoms with Crippen LogP contribution in [0.15, 0.2) is 48.5 Å². The van der Waals surface area contributed by atoms with Crippen LogP contribution >= 0.6 is 0 Å². The van der Waals surface area contributed by atoms with E-state index < -0.39 is 0 Å². The van der Waals surface area contributed by atoms with Gasteiger partial charge in [0.05, 0.1) is 18.7 Å². The summed E-state index contributed by atoms with van der Waals surface area (Å²) in [6, 6.07) is 15.7. The second-order valence-corrected chi connectivity index (χ2v) is 5.32. The highest BCUT2D eigenvalue weighted by Crippen LogP contribution is 2.16. The third-order valence-electron chi connectivity index (χ3n) is 3.62. The molecule has 1 N–H and O–H groups in total. The lowest BCUT2D eigenvalue weighted by atomic mass is 10.2. The summed E-state index contributed by atoms with van der Waals surface area (Å²) in [4.78, 5) is 25.6. The molecule has 6 heteroatoms. The van der Waals surface area contributed by atoms with E-state index >= 15 is 0 Å². The van der Waals surface area contributed by atoms with Gasteiger partial charge >= 0.3 is 0 Å². The number of hydrogen-bond acceptors (Lipinski definition) is 4. The first-order valence-corrected chi connectivity index (χ1v) is 7.75. The SMILES string of the molecule is COc1cccc(C(=O)NCCN(C(C)=O)c2cccc(C#N)c2)c1. The zero-order valence-corrected chi connectivity index (χ0v) is 14.2. The summed E-state index contributed by atoms with van der Waals surface area (Å²) >= 11 is 0. The first kappa shape index (κ1) is 18.0. The number of nitrogens with one attached hydrogen (secondary N) is 1. The Labute approximate surface area is 146 Å². The van der Waals surface area contributed by atoms with Gasteiger partial charge < -0.3 is 15.0 Å². The van der Waals surface area contributed by atoms with E-state index in [4.69, 9.17) is 10.00 Å². The van der Waals surface area contributed by atoms with E-state index in [0.29, 0.717) is 29.1 Å². The summed E-state index contributed by atoms with van der Waals surface area (Å²) < 4.78 is 5.10. The van der Waals surface area contributed by atoms with Crippen LogP contribution in [0.25, 0.3) is 0 Å². The van der Waals surface area contributed by atoms with Crippen molar-refractivity contribution in [3.8, 4) is 11.8 Å². The molecule has 0 heterocycles. The molecule has 0 radical (unpaired) electrons. The summed E-state index contributed by atoms with van der Waals surface area (Å²) in [5.74, 6) is 0.199. The molecule has 128 valence electrons. The lowest BCUT2D eigenvalue weighted by molar-refractivity contribution is -0.116. The Bertz CT molecular complexity index is 812. The summed E-state index contributed by atoms with van der Waals surface area (Å²) in [7, 11) is 1.54. The fourth-order valence-electron chi connectivity index (χ4n) is 2.36. The van der Waals surface area contributed by atoms with Crippen molar-refractivity contribution >= 4 is 17.5 Å². The zero-order valence-electron chi connectivity index (χ0n) is 14.2. The third-order valence-corrected chi connectivity index (χ3v) is 3.62. The Morgan fingerprint density at radius 3 is 2.64 bits per heavy atom. The smallest absolute Gasteiger partial charge is 0.251 e. The Hall–Kier alpha value is -3.33. The van der Waals surface area contributed by atoms with Crippen molar-refractivity contribution in [3.63, 3.8) is 0 Å². The lowest BCUT2D eigenvalue weighted by Gasteiger charge is -2.21. The number of rotatable bonds is 6. The minimum atomic E-state index is -0.242. The van der Waals surface area contributed by atoms with E-state index in [0.717, 1.165) is 0 Å². The van der Waals surface area contributed by atoms with Crippen LogP contribution in [0, 0.1) is 11.3 Å². The summed E-state index contributed by atoms with van der Waals surface area (Å²) in [6.45, 7) is 2.04. The number of carbonyl (C=O) groups is 2. The number of benzene rings is 2. The van der Waals surface area contributed by atoms with Gasteiger partial charge in [0.15, 0.2) is 0 Å². The van der Waals surface area contributed by atoms with Crippen molar-refractivity contribution in [3.05, 3.63) is 59.7 Å². The lowest BCUT2D eigenvalue weighted by Crippen LogP contribution is -2.37. The van der Waals surface area contributed by atoms with Gasteiger partial charge in [0.2, 0.25) is 5.91 Å². The summed E-state index contributed by atoms with van der Waals surface area (Å²) in [5, 5.41) is 11.8. The monoisotopic (exact) mass is 337 g/mol. The number of amides is 2. The highest BCUT2D eigenvalue weighted by atomic mass is 16.5. The molecule has 0 bridgehead atoms. The van der Waals surface area contributed by atoms with Crippen LogP contribution in [0.3, 0.4) is 0 Å². The molecule has 0 aromatic heterocycles. The Morgan fingerprint density at radius 2 is 1.96 bits per heavy atom. The van der Waals surface area contributed by atoms with Gasteiger partial charge in [0.1, 0.15) is 5.75 Å². The molecule has 0 fully saturated rings. The van der Waals surface area contributed by atoms with E-state index in [1.165, 1.54) is 18.9 Å². The van der Waals surface area contributed by atoms with E-state index in [1.807, 2.05) is 6.07 Å². The van der Waals surface area contributed by atoms with Crippen LogP contribution in [0.5, 0.6) is 5.75 Å². The molecule has 0 saturated carbocycles. The van der Waals surface area contributed by atoms with Gasteiger partial charge in [0.25, 0.3) is 5.91 Å². The number of nitrogens with zero attached hydrogens (tertiary/aromatic N) is 2. The predicted octanol–water partition coefficient (Wildman–Crippen LogP) is 2.35. The Balaban J connectivity index is 2.00. The van der Waals surface area contributed by atoms with Crippen molar-refractivity contribution in [2.75, 3.05) is 25.1 Å². The number of nitriles is 1.